The summed E-state index contributed by atoms with van der Waals surface area (Å²) in [5.74, 6) is 0. The van der Waals surface area contributed by atoms with Gasteiger partial charge in [-0.15, -0.1) is 0 Å². The summed E-state index contributed by atoms with van der Waals surface area (Å²) in [4.78, 5) is 4.54. The summed E-state index contributed by atoms with van der Waals surface area (Å²) < 4.78 is 6.60. The molecule has 19 heavy (non-hydrogen) atoms. The maximum absolute atomic E-state index is 5.55. The maximum atomic E-state index is 5.55. The zero-order chi connectivity index (χ0) is 13.1. The van der Waals surface area contributed by atoms with E-state index in [1.54, 1.807) is 0 Å². The lowest BCUT2D eigenvalue weighted by Crippen LogP contribution is -2.41. The molecule has 0 spiro atoms. The number of halogens is 1. The maximum Gasteiger partial charge on any atom is 0.0471 e. The lowest BCUT2D eigenvalue weighted by molar-refractivity contribution is 0.0143. The molecule has 1 aliphatic heterocycles. The fourth-order valence-corrected chi connectivity index (χ4v) is 3.00. The standard InChI is InChI=1S/C15H21BrN2O/c16-12-1-2-14(17-10-12)9-15(5-7-19-8-6-15)11-18-13-3-4-13/h1-2,10,13,18H,3-9,11H2. The summed E-state index contributed by atoms with van der Waals surface area (Å²) in [6.07, 6.45) is 7.95. The van der Waals surface area contributed by atoms with Crippen molar-refractivity contribution >= 4 is 15.9 Å². The van der Waals surface area contributed by atoms with E-state index >= 15 is 0 Å². The highest BCUT2D eigenvalue weighted by Crippen LogP contribution is 2.34. The van der Waals surface area contributed by atoms with Crippen molar-refractivity contribution in [2.24, 2.45) is 5.41 Å². The van der Waals surface area contributed by atoms with Crippen molar-refractivity contribution in [3.63, 3.8) is 0 Å². The third kappa shape index (κ3) is 3.77. The summed E-state index contributed by atoms with van der Waals surface area (Å²) in [6.45, 7) is 2.89. The normalized spacial score (nSPS) is 22.4. The van der Waals surface area contributed by atoms with Crippen LogP contribution in [0.15, 0.2) is 22.8 Å². The van der Waals surface area contributed by atoms with Crippen LogP contribution in [0.5, 0.6) is 0 Å². The van der Waals surface area contributed by atoms with Gasteiger partial charge in [0.1, 0.15) is 0 Å². The highest BCUT2D eigenvalue weighted by atomic mass is 79.9. The molecular weight excluding hydrogens is 304 g/mol. The molecule has 2 fully saturated rings. The molecule has 1 N–H and O–H groups in total. The fraction of sp³-hybridized carbons (Fsp3) is 0.667. The SMILES string of the molecule is Brc1ccc(CC2(CNC3CC3)CCOCC2)nc1. The second-order valence-electron chi connectivity index (χ2n) is 5.91. The van der Waals surface area contributed by atoms with Crippen molar-refractivity contribution < 1.29 is 4.74 Å². The Morgan fingerprint density at radius 1 is 1.32 bits per heavy atom. The first-order valence-electron chi connectivity index (χ1n) is 7.17. The zero-order valence-corrected chi connectivity index (χ0v) is 12.8. The minimum absolute atomic E-state index is 0.335. The van der Waals surface area contributed by atoms with Crippen LogP contribution in [0.3, 0.4) is 0 Å². The van der Waals surface area contributed by atoms with Crippen LogP contribution in [0.4, 0.5) is 0 Å². The van der Waals surface area contributed by atoms with E-state index in [4.69, 9.17) is 4.74 Å². The van der Waals surface area contributed by atoms with Gasteiger partial charge in [-0.05, 0) is 65.6 Å². The largest absolute Gasteiger partial charge is 0.381 e. The van der Waals surface area contributed by atoms with Crippen LogP contribution in [0.1, 0.15) is 31.4 Å². The second kappa shape index (κ2) is 5.90. The average molecular weight is 325 g/mol. The molecule has 0 atom stereocenters. The van der Waals surface area contributed by atoms with Gasteiger partial charge in [0.05, 0.1) is 0 Å². The number of nitrogens with zero attached hydrogens (tertiary/aromatic N) is 1. The van der Waals surface area contributed by atoms with Crippen LogP contribution in [0, 0.1) is 5.41 Å². The third-order valence-electron chi connectivity index (χ3n) is 4.24. The molecule has 3 rings (SSSR count). The van der Waals surface area contributed by atoms with E-state index in [1.807, 2.05) is 6.20 Å². The van der Waals surface area contributed by atoms with Gasteiger partial charge < -0.3 is 10.1 Å². The summed E-state index contributed by atoms with van der Waals surface area (Å²) in [5.41, 5.74) is 1.53. The Morgan fingerprint density at radius 3 is 2.74 bits per heavy atom. The van der Waals surface area contributed by atoms with Crippen LogP contribution >= 0.6 is 15.9 Å². The molecule has 0 aromatic carbocycles. The van der Waals surface area contributed by atoms with Crippen molar-refractivity contribution in [2.45, 2.75) is 38.1 Å². The number of pyridine rings is 1. The Hall–Kier alpha value is -0.450. The molecule has 1 aromatic rings. The average Bonchev–Trinajstić information content (AvgIpc) is 3.25. The Labute approximate surface area is 123 Å². The van der Waals surface area contributed by atoms with Crippen LogP contribution in [-0.4, -0.2) is 30.8 Å². The third-order valence-corrected chi connectivity index (χ3v) is 4.71. The molecule has 1 aliphatic carbocycles. The lowest BCUT2D eigenvalue weighted by Gasteiger charge is -2.37. The van der Waals surface area contributed by atoms with Gasteiger partial charge in [0.25, 0.3) is 0 Å². The molecule has 4 heteroatoms. The van der Waals surface area contributed by atoms with Crippen molar-refractivity contribution in [3.8, 4) is 0 Å². The van der Waals surface area contributed by atoms with Crippen LogP contribution < -0.4 is 5.32 Å². The van der Waals surface area contributed by atoms with E-state index in [0.717, 1.165) is 49.5 Å². The topological polar surface area (TPSA) is 34.1 Å². The fourth-order valence-electron chi connectivity index (χ4n) is 2.76. The molecule has 104 valence electrons. The quantitative estimate of drug-likeness (QED) is 0.904. The second-order valence-corrected chi connectivity index (χ2v) is 6.83. The molecule has 1 saturated carbocycles. The molecule has 1 aromatic heterocycles. The predicted molar refractivity (Wildman–Crippen MR) is 79.2 cm³/mol. The molecular formula is C15H21BrN2O. The predicted octanol–water partition coefficient (Wildman–Crippen LogP) is 2.94. The minimum atomic E-state index is 0.335. The lowest BCUT2D eigenvalue weighted by atomic mass is 9.76. The van der Waals surface area contributed by atoms with E-state index < -0.39 is 0 Å². The smallest absolute Gasteiger partial charge is 0.0471 e. The molecule has 3 nitrogen and oxygen atoms in total. The molecule has 0 bridgehead atoms. The van der Waals surface area contributed by atoms with Crippen molar-refractivity contribution in [1.29, 1.82) is 0 Å². The first-order valence-corrected chi connectivity index (χ1v) is 7.97. The summed E-state index contributed by atoms with van der Waals surface area (Å²) >= 11 is 3.45. The van der Waals surface area contributed by atoms with Crippen molar-refractivity contribution in [3.05, 3.63) is 28.5 Å². The Morgan fingerprint density at radius 2 is 2.11 bits per heavy atom. The highest BCUT2D eigenvalue weighted by molar-refractivity contribution is 9.10. The van der Waals surface area contributed by atoms with Crippen molar-refractivity contribution in [1.82, 2.24) is 10.3 Å². The molecule has 2 aliphatic rings. The van der Waals surface area contributed by atoms with E-state index in [9.17, 15) is 0 Å². The van der Waals surface area contributed by atoms with E-state index in [2.05, 4.69) is 38.4 Å². The Kier molecular flexibility index (Phi) is 4.20. The first kappa shape index (κ1) is 13.5. The number of hydrogen-bond acceptors (Lipinski definition) is 3. The number of ether oxygens (including phenoxy) is 1. The van der Waals surface area contributed by atoms with E-state index in [1.165, 1.54) is 18.5 Å². The van der Waals surface area contributed by atoms with Crippen LogP contribution in [-0.2, 0) is 11.2 Å². The highest BCUT2D eigenvalue weighted by Gasteiger charge is 2.35. The Balaban J connectivity index is 1.68. The van der Waals surface area contributed by atoms with Gasteiger partial charge in [0.2, 0.25) is 0 Å². The Bertz CT molecular complexity index is 411. The number of aromatic nitrogens is 1. The zero-order valence-electron chi connectivity index (χ0n) is 11.2. The summed E-state index contributed by atoms with van der Waals surface area (Å²) in [7, 11) is 0. The molecule has 1 saturated heterocycles. The van der Waals surface area contributed by atoms with E-state index in [-0.39, 0.29) is 0 Å². The summed E-state index contributed by atoms with van der Waals surface area (Å²) in [6, 6.07) is 5.00. The van der Waals surface area contributed by atoms with Crippen molar-refractivity contribution in [2.75, 3.05) is 19.8 Å². The van der Waals surface area contributed by atoms with Gasteiger partial charge >= 0.3 is 0 Å². The van der Waals surface area contributed by atoms with Crippen LogP contribution in [0.25, 0.3) is 0 Å². The monoisotopic (exact) mass is 324 g/mol. The first-order chi connectivity index (χ1) is 9.26. The molecule has 0 unspecified atom stereocenters. The number of nitrogens with one attached hydrogen (secondary N) is 1. The molecule has 2 heterocycles. The van der Waals surface area contributed by atoms with Gasteiger partial charge in [-0.2, -0.15) is 0 Å². The van der Waals surface area contributed by atoms with Gasteiger partial charge in [-0.3, -0.25) is 4.98 Å². The molecule has 0 radical (unpaired) electrons. The van der Waals surface area contributed by atoms with Crippen LogP contribution in [0.2, 0.25) is 0 Å². The van der Waals surface area contributed by atoms with Gasteiger partial charge in [-0.25, -0.2) is 0 Å². The molecule has 0 amide bonds. The minimum Gasteiger partial charge on any atom is -0.381 e. The van der Waals surface area contributed by atoms with Gasteiger partial charge in [0.15, 0.2) is 0 Å². The van der Waals surface area contributed by atoms with E-state index in [0.29, 0.717) is 5.41 Å². The van der Waals surface area contributed by atoms with Gasteiger partial charge in [-0.1, -0.05) is 0 Å². The summed E-state index contributed by atoms with van der Waals surface area (Å²) in [5, 5.41) is 3.71. The van der Waals surface area contributed by atoms with Gasteiger partial charge in [0, 0.05) is 42.2 Å². The number of hydrogen-bond donors (Lipinski definition) is 1. The number of rotatable bonds is 5.